The third-order valence-electron chi connectivity index (χ3n) is 1.95. The Balaban J connectivity index is 2.40. The van der Waals surface area contributed by atoms with E-state index in [1.807, 2.05) is 0 Å². The normalized spacial score (nSPS) is 11.7. The predicted molar refractivity (Wildman–Crippen MR) is 50.8 cm³/mol. The molecule has 17 heavy (non-hydrogen) atoms. The number of alkyl halides is 3. The van der Waals surface area contributed by atoms with E-state index in [-0.39, 0.29) is 22.9 Å². The van der Waals surface area contributed by atoms with Crippen molar-refractivity contribution in [2.45, 2.75) is 6.18 Å². The summed E-state index contributed by atoms with van der Waals surface area (Å²) in [4.78, 5) is 3.18. The molecule has 0 amide bonds. The molecule has 90 valence electrons. The van der Waals surface area contributed by atoms with Gasteiger partial charge in [0.15, 0.2) is 0 Å². The zero-order valence-corrected chi connectivity index (χ0v) is 8.19. The SMILES string of the molecule is Nc1cc(-c2nc(C(F)(F)F)no2)ccc1O. The fourth-order valence-electron chi connectivity index (χ4n) is 1.14. The zero-order chi connectivity index (χ0) is 12.6. The largest absolute Gasteiger partial charge is 0.506 e. The van der Waals surface area contributed by atoms with Crippen LogP contribution in [-0.2, 0) is 6.18 Å². The Labute approximate surface area is 92.7 Å². The number of anilines is 1. The Bertz CT molecular complexity index is 551. The molecule has 0 saturated carbocycles. The van der Waals surface area contributed by atoms with Gasteiger partial charge in [-0.25, -0.2) is 0 Å². The van der Waals surface area contributed by atoms with Gasteiger partial charge < -0.3 is 15.4 Å². The smallest absolute Gasteiger partial charge is 0.455 e. The molecule has 1 heterocycles. The van der Waals surface area contributed by atoms with Crippen LogP contribution in [0.2, 0.25) is 0 Å². The van der Waals surface area contributed by atoms with Crippen molar-refractivity contribution < 1.29 is 22.8 Å². The molecule has 1 aromatic heterocycles. The summed E-state index contributed by atoms with van der Waals surface area (Å²) in [5, 5.41) is 12.0. The first-order chi connectivity index (χ1) is 7.88. The Kier molecular flexibility index (Phi) is 2.41. The fourth-order valence-corrected chi connectivity index (χ4v) is 1.14. The highest BCUT2D eigenvalue weighted by Gasteiger charge is 2.37. The van der Waals surface area contributed by atoms with Gasteiger partial charge in [0.05, 0.1) is 5.69 Å². The van der Waals surface area contributed by atoms with E-state index in [1.54, 1.807) is 0 Å². The lowest BCUT2D eigenvalue weighted by Gasteiger charge is -1.99. The molecule has 0 saturated heterocycles. The lowest BCUT2D eigenvalue weighted by atomic mass is 10.2. The van der Waals surface area contributed by atoms with Crippen molar-refractivity contribution in [3.63, 3.8) is 0 Å². The summed E-state index contributed by atoms with van der Waals surface area (Å²) < 4.78 is 41.1. The summed E-state index contributed by atoms with van der Waals surface area (Å²) in [6.07, 6.45) is -4.66. The van der Waals surface area contributed by atoms with Crippen LogP contribution in [0.25, 0.3) is 11.5 Å². The van der Waals surface area contributed by atoms with Crippen molar-refractivity contribution >= 4 is 5.69 Å². The summed E-state index contributed by atoms with van der Waals surface area (Å²) in [7, 11) is 0. The quantitative estimate of drug-likeness (QED) is 0.593. The summed E-state index contributed by atoms with van der Waals surface area (Å²) in [6.45, 7) is 0. The van der Waals surface area contributed by atoms with Crippen molar-refractivity contribution in [2.75, 3.05) is 5.73 Å². The maximum absolute atomic E-state index is 12.2. The molecule has 5 nitrogen and oxygen atoms in total. The number of nitrogen functional groups attached to an aromatic ring is 1. The minimum absolute atomic E-state index is 0.00857. The van der Waals surface area contributed by atoms with Crippen LogP contribution in [0.5, 0.6) is 5.75 Å². The lowest BCUT2D eigenvalue weighted by Crippen LogP contribution is -2.07. The van der Waals surface area contributed by atoms with Gasteiger partial charge in [0.25, 0.3) is 11.7 Å². The molecular weight excluding hydrogens is 239 g/mol. The van der Waals surface area contributed by atoms with Gasteiger partial charge in [-0.1, -0.05) is 5.16 Å². The van der Waals surface area contributed by atoms with Crippen molar-refractivity contribution in [1.29, 1.82) is 0 Å². The van der Waals surface area contributed by atoms with Crippen molar-refractivity contribution in [2.24, 2.45) is 0 Å². The van der Waals surface area contributed by atoms with Gasteiger partial charge in [-0.15, -0.1) is 0 Å². The number of nitrogens with two attached hydrogens (primary N) is 1. The standard InChI is InChI=1S/C9H6F3N3O2/c10-9(11,12)8-14-7(17-15-8)4-1-2-6(16)5(13)3-4/h1-3,16H,13H2. The average molecular weight is 245 g/mol. The minimum atomic E-state index is -4.66. The number of rotatable bonds is 1. The minimum Gasteiger partial charge on any atom is -0.506 e. The van der Waals surface area contributed by atoms with Crippen LogP contribution in [0.1, 0.15) is 5.82 Å². The van der Waals surface area contributed by atoms with E-state index < -0.39 is 12.0 Å². The van der Waals surface area contributed by atoms with Gasteiger partial charge in [-0.2, -0.15) is 18.2 Å². The predicted octanol–water partition coefficient (Wildman–Crippen LogP) is 2.04. The first kappa shape index (κ1) is 11.2. The summed E-state index contributed by atoms with van der Waals surface area (Å²) in [6, 6.07) is 3.78. The van der Waals surface area contributed by atoms with Gasteiger partial charge in [0.1, 0.15) is 5.75 Å². The maximum Gasteiger partial charge on any atom is 0.455 e. The van der Waals surface area contributed by atoms with Crippen LogP contribution in [-0.4, -0.2) is 15.2 Å². The highest BCUT2D eigenvalue weighted by molar-refractivity contribution is 5.64. The molecule has 0 aliphatic heterocycles. The molecule has 0 unspecified atom stereocenters. The van der Waals surface area contributed by atoms with Crippen LogP contribution >= 0.6 is 0 Å². The second kappa shape index (κ2) is 3.65. The monoisotopic (exact) mass is 245 g/mol. The summed E-state index contributed by atoms with van der Waals surface area (Å²) >= 11 is 0. The molecule has 8 heteroatoms. The van der Waals surface area contributed by atoms with Gasteiger partial charge in [-0.3, -0.25) is 0 Å². The average Bonchev–Trinajstić information content (AvgIpc) is 2.70. The molecule has 0 atom stereocenters. The van der Waals surface area contributed by atoms with Crippen molar-refractivity contribution in [3.05, 3.63) is 24.0 Å². The highest BCUT2D eigenvalue weighted by atomic mass is 19.4. The number of benzene rings is 1. The second-order valence-corrected chi connectivity index (χ2v) is 3.19. The van der Waals surface area contributed by atoms with E-state index in [4.69, 9.17) is 10.8 Å². The Morgan fingerprint density at radius 2 is 2.00 bits per heavy atom. The van der Waals surface area contributed by atoms with Gasteiger partial charge in [-0.05, 0) is 18.2 Å². The molecule has 0 aliphatic rings. The number of hydrogen-bond acceptors (Lipinski definition) is 5. The van der Waals surface area contributed by atoms with Crippen molar-refractivity contribution in [3.8, 4) is 17.2 Å². The van der Waals surface area contributed by atoms with Crippen LogP contribution in [0.15, 0.2) is 22.7 Å². The van der Waals surface area contributed by atoms with Crippen molar-refractivity contribution in [1.82, 2.24) is 10.1 Å². The number of aromatic hydroxyl groups is 1. The van der Waals surface area contributed by atoms with E-state index in [2.05, 4.69) is 14.7 Å². The third-order valence-corrected chi connectivity index (χ3v) is 1.95. The number of nitrogens with zero attached hydrogens (tertiary/aromatic N) is 2. The van der Waals surface area contributed by atoms with Gasteiger partial charge >= 0.3 is 6.18 Å². The third kappa shape index (κ3) is 2.14. The zero-order valence-electron chi connectivity index (χ0n) is 8.19. The maximum atomic E-state index is 12.2. The second-order valence-electron chi connectivity index (χ2n) is 3.19. The number of hydrogen-bond donors (Lipinski definition) is 2. The topological polar surface area (TPSA) is 85.2 Å². The van der Waals surface area contributed by atoms with Gasteiger partial charge in [0, 0.05) is 5.56 Å². The van der Waals surface area contributed by atoms with Gasteiger partial charge in [0.2, 0.25) is 0 Å². The lowest BCUT2D eigenvalue weighted by molar-refractivity contribution is -0.146. The van der Waals surface area contributed by atoms with E-state index in [1.165, 1.54) is 18.2 Å². The van der Waals surface area contributed by atoms with Crippen LogP contribution in [0.4, 0.5) is 18.9 Å². The summed E-state index contributed by atoms with van der Waals surface area (Å²) in [5.41, 5.74) is 5.59. The first-order valence-electron chi connectivity index (χ1n) is 4.37. The number of phenols is 1. The van der Waals surface area contributed by atoms with E-state index >= 15 is 0 Å². The Morgan fingerprint density at radius 3 is 2.53 bits per heavy atom. The molecule has 0 spiro atoms. The van der Waals surface area contributed by atoms with E-state index in [9.17, 15) is 13.2 Å². The number of halogens is 3. The molecule has 3 N–H and O–H groups in total. The molecule has 2 rings (SSSR count). The molecule has 0 bridgehead atoms. The molecule has 1 aromatic carbocycles. The molecule has 0 radical (unpaired) electrons. The molecular formula is C9H6F3N3O2. The highest BCUT2D eigenvalue weighted by Crippen LogP contribution is 2.30. The fraction of sp³-hybridized carbons (Fsp3) is 0.111. The number of aromatic nitrogens is 2. The van der Waals surface area contributed by atoms with Crippen LogP contribution in [0.3, 0.4) is 0 Å². The Morgan fingerprint density at radius 1 is 1.29 bits per heavy atom. The first-order valence-corrected chi connectivity index (χ1v) is 4.37. The van der Waals surface area contributed by atoms with E-state index in [0.717, 1.165) is 0 Å². The Hall–Kier alpha value is -2.25. The van der Waals surface area contributed by atoms with Crippen LogP contribution < -0.4 is 5.73 Å². The summed E-state index contributed by atoms with van der Waals surface area (Å²) in [5.74, 6) is -1.85. The molecule has 2 aromatic rings. The van der Waals surface area contributed by atoms with Crippen LogP contribution in [0, 0.1) is 0 Å². The molecule has 0 aliphatic carbocycles. The number of phenolic OH excluding ortho intramolecular Hbond substituents is 1. The molecule has 0 fully saturated rings. The van der Waals surface area contributed by atoms with E-state index in [0.29, 0.717) is 0 Å².